The van der Waals surface area contributed by atoms with Crippen LogP contribution in [0.1, 0.15) is 52.4 Å². The number of carbonyl (C=O) groups is 2. The van der Waals surface area contributed by atoms with Crippen LogP contribution in [0, 0.1) is 11.8 Å². The molecule has 1 aliphatic heterocycles. The van der Waals surface area contributed by atoms with Crippen molar-refractivity contribution in [1.29, 1.82) is 0 Å². The molecule has 1 heterocycles. The van der Waals surface area contributed by atoms with E-state index in [1.807, 2.05) is 11.8 Å². The first-order chi connectivity index (χ1) is 9.88. The summed E-state index contributed by atoms with van der Waals surface area (Å²) in [6.45, 7) is 4.83. The van der Waals surface area contributed by atoms with Crippen molar-refractivity contribution in [3.8, 4) is 0 Å². The Bertz CT molecular complexity index is 455. The monoisotopic (exact) mass is 329 g/mol. The van der Waals surface area contributed by atoms with Crippen molar-refractivity contribution >= 4 is 24.2 Å². The van der Waals surface area contributed by atoms with Gasteiger partial charge in [0.25, 0.3) is 0 Å². The van der Waals surface area contributed by atoms with Gasteiger partial charge in [-0.05, 0) is 32.1 Å². The van der Waals surface area contributed by atoms with Crippen LogP contribution in [0.15, 0.2) is 0 Å². The Morgan fingerprint density at radius 3 is 2.68 bits per heavy atom. The quantitative estimate of drug-likeness (QED) is 0.822. The lowest BCUT2D eigenvalue weighted by Gasteiger charge is -2.37. The lowest BCUT2D eigenvalue weighted by Crippen LogP contribution is -2.54. The first-order valence-corrected chi connectivity index (χ1v) is 8.27. The highest BCUT2D eigenvalue weighted by molar-refractivity contribution is 5.85. The Labute approximate surface area is 138 Å². The lowest BCUT2D eigenvalue weighted by atomic mass is 9.74. The van der Waals surface area contributed by atoms with Gasteiger partial charge in [-0.1, -0.05) is 19.8 Å². The zero-order chi connectivity index (χ0) is 15.2. The van der Waals surface area contributed by atoms with Crippen molar-refractivity contribution in [2.75, 3.05) is 6.54 Å². The SMILES string of the molecule is CC1CC1N1CC(NC(=O)C2CCCCC2(C)N)CC1=O.Cl. The first kappa shape index (κ1) is 17.5. The van der Waals surface area contributed by atoms with Crippen LogP contribution in [0.3, 0.4) is 0 Å². The molecule has 1 saturated heterocycles. The minimum absolute atomic E-state index is 0. The molecule has 5 nitrogen and oxygen atoms in total. The van der Waals surface area contributed by atoms with Gasteiger partial charge < -0.3 is 16.0 Å². The molecule has 5 atom stereocenters. The van der Waals surface area contributed by atoms with Gasteiger partial charge in [-0.25, -0.2) is 0 Å². The second kappa shape index (κ2) is 6.36. The van der Waals surface area contributed by atoms with E-state index in [1.54, 1.807) is 0 Å². The van der Waals surface area contributed by atoms with Gasteiger partial charge in [0.15, 0.2) is 0 Å². The topological polar surface area (TPSA) is 75.4 Å². The zero-order valence-electron chi connectivity index (χ0n) is 13.5. The van der Waals surface area contributed by atoms with Crippen molar-refractivity contribution in [2.45, 2.75) is 70.0 Å². The van der Waals surface area contributed by atoms with Gasteiger partial charge in [-0.3, -0.25) is 9.59 Å². The van der Waals surface area contributed by atoms with E-state index >= 15 is 0 Å². The smallest absolute Gasteiger partial charge is 0.225 e. The number of nitrogens with one attached hydrogen (secondary N) is 1. The van der Waals surface area contributed by atoms with Crippen LogP contribution in [0.25, 0.3) is 0 Å². The minimum Gasteiger partial charge on any atom is -0.351 e. The van der Waals surface area contributed by atoms with Crippen LogP contribution in [-0.4, -0.2) is 40.9 Å². The molecular weight excluding hydrogens is 302 g/mol. The number of hydrogen-bond acceptors (Lipinski definition) is 3. The first-order valence-electron chi connectivity index (χ1n) is 8.27. The van der Waals surface area contributed by atoms with E-state index in [-0.39, 0.29) is 36.2 Å². The van der Waals surface area contributed by atoms with Crippen LogP contribution in [0.5, 0.6) is 0 Å². The minimum atomic E-state index is -0.407. The molecule has 0 aromatic carbocycles. The second-order valence-corrected chi connectivity index (χ2v) is 7.54. The number of likely N-dealkylation sites (tertiary alicyclic amines) is 1. The van der Waals surface area contributed by atoms with Crippen molar-refractivity contribution in [2.24, 2.45) is 17.6 Å². The molecule has 3 fully saturated rings. The van der Waals surface area contributed by atoms with Gasteiger partial charge in [0.1, 0.15) is 0 Å². The molecule has 3 aliphatic rings. The van der Waals surface area contributed by atoms with Gasteiger partial charge in [0.05, 0.1) is 12.0 Å². The molecule has 22 heavy (non-hydrogen) atoms. The van der Waals surface area contributed by atoms with E-state index in [0.717, 1.165) is 32.1 Å². The van der Waals surface area contributed by atoms with Gasteiger partial charge in [-0.2, -0.15) is 0 Å². The third-order valence-electron chi connectivity index (χ3n) is 5.54. The summed E-state index contributed by atoms with van der Waals surface area (Å²) < 4.78 is 0. The summed E-state index contributed by atoms with van der Waals surface area (Å²) >= 11 is 0. The maximum absolute atomic E-state index is 12.5. The Kier molecular flexibility index (Phi) is 5.07. The molecule has 3 rings (SSSR count). The van der Waals surface area contributed by atoms with E-state index in [2.05, 4.69) is 12.2 Å². The Morgan fingerprint density at radius 2 is 2.09 bits per heavy atom. The van der Waals surface area contributed by atoms with Crippen molar-refractivity contribution in [3.63, 3.8) is 0 Å². The van der Waals surface area contributed by atoms with Crippen molar-refractivity contribution < 1.29 is 9.59 Å². The average molecular weight is 330 g/mol. The molecule has 2 amide bonds. The Balaban J connectivity index is 0.00000176. The summed E-state index contributed by atoms with van der Waals surface area (Å²) in [5, 5.41) is 3.08. The molecule has 2 saturated carbocycles. The van der Waals surface area contributed by atoms with E-state index in [0.29, 0.717) is 24.9 Å². The van der Waals surface area contributed by atoms with Gasteiger partial charge >= 0.3 is 0 Å². The number of halogens is 1. The summed E-state index contributed by atoms with van der Waals surface area (Å²) in [5.74, 6) is 0.737. The zero-order valence-corrected chi connectivity index (χ0v) is 14.3. The summed E-state index contributed by atoms with van der Waals surface area (Å²) in [4.78, 5) is 26.5. The number of hydrogen-bond donors (Lipinski definition) is 2. The number of carbonyl (C=O) groups excluding carboxylic acids is 2. The van der Waals surface area contributed by atoms with E-state index in [9.17, 15) is 9.59 Å². The average Bonchev–Trinajstić information content (AvgIpc) is 3.00. The van der Waals surface area contributed by atoms with E-state index in [1.165, 1.54) is 0 Å². The molecule has 0 bridgehead atoms. The van der Waals surface area contributed by atoms with Crippen LogP contribution in [-0.2, 0) is 9.59 Å². The van der Waals surface area contributed by atoms with E-state index in [4.69, 9.17) is 5.73 Å². The molecule has 126 valence electrons. The number of nitrogens with two attached hydrogens (primary N) is 1. The Morgan fingerprint density at radius 1 is 1.41 bits per heavy atom. The highest BCUT2D eigenvalue weighted by Crippen LogP contribution is 2.37. The van der Waals surface area contributed by atoms with Crippen LogP contribution < -0.4 is 11.1 Å². The normalized spacial score (nSPS) is 41.0. The number of amides is 2. The molecule has 0 radical (unpaired) electrons. The summed E-state index contributed by atoms with van der Waals surface area (Å²) in [6, 6.07) is 0.379. The summed E-state index contributed by atoms with van der Waals surface area (Å²) in [5.41, 5.74) is 5.88. The molecule has 3 N–H and O–H groups in total. The van der Waals surface area contributed by atoms with Crippen molar-refractivity contribution in [1.82, 2.24) is 10.2 Å². The molecule has 0 aromatic rings. The van der Waals surface area contributed by atoms with Gasteiger partial charge in [0.2, 0.25) is 11.8 Å². The molecule has 5 unspecified atom stereocenters. The molecule has 0 spiro atoms. The third-order valence-corrected chi connectivity index (χ3v) is 5.54. The predicted octanol–water partition coefficient (Wildman–Crippen LogP) is 1.44. The highest BCUT2D eigenvalue weighted by atomic mass is 35.5. The van der Waals surface area contributed by atoms with Crippen LogP contribution in [0.2, 0.25) is 0 Å². The van der Waals surface area contributed by atoms with Gasteiger partial charge in [0, 0.05) is 24.5 Å². The lowest BCUT2D eigenvalue weighted by molar-refractivity contribution is -0.128. The highest BCUT2D eigenvalue weighted by Gasteiger charge is 2.46. The van der Waals surface area contributed by atoms with Crippen LogP contribution >= 0.6 is 12.4 Å². The standard InChI is InChI=1S/C16H27N3O2.ClH/c1-10-7-13(10)19-9-11(8-14(19)20)18-15(21)12-5-3-4-6-16(12,2)17;/h10-13H,3-9,17H2,1-2H3,(H,18,21);1H. The van der Waals surface area contributed by atoms with Crippen molar-refractivity contribution in [3.05, 3.63) is 0 Å². The number of nitrogens with zero attached hydrogens (tertiary/aromatic N) is 1. The molecular formula is C16H28ClN3O2. The van der Waals surface area contributed by atoms with Gasteiger partial charge in [-0.15, -0.1) is 12.4 Å². The fourth-order valence-corrected chi connectivity index (χ4v) is 3.98. The van der Waals surface area contributed by atoms with E-state index < -0.39 is 5.54 Å². The Hall–Kier alpha value is -0.810. The summed E-state index contributed by atoms with van der Waals surface area (Å²) in [7, 11) is 0. The number of rotatable bonds is 3. The molecule has 2 aliphatic carbocycles. The fourth-order valence-electron chi connectivity index (χ4n) is 3.98. The molecule has 6 heteroatoms. The second-order valence-electron chi connectivity index (χ2n) is 7.54. The predicted molar refractivity (Wildman–Crippen MR) is 87.6 cm³/mol. The maximum atomic E-state index is 12.5. The largest absolute Gasteiger partial charge is 0.351 e. The fraction of sp³-hybridized carbons (Fsp3) is 0.875. The third kappa shape index (κ3) is 3.40. The van der Waals surface area contributed by atoms with Crippen LogP contribution in [0.4, 0.5) is 0 Å². The summed E-state index contributed by atoms with van der Waals surface area (Å²) in [6.07, 6.45) is 5.49. The maximum Gasteiger partial charge on any atom is 0.225 e. The molecule has 0 aromatic heterocycles.